The zero-order valence-corrected chi connectivity index (χ0v) is 10.3. The average molecular weight is 280 g/mol. The lowest BCUT2D eigenvalue weighted by Crippen LogP contribution is -2.16. The molecule has 1 heterocycles. The van der Waals surface area contributed by atoms with Crippen molar-refractivity contribution < 1.29 is 14.0 Å². The quantitative estimate of drug-likeness (QED) is 0.784. The van der Waals surface area contributed by atoms with Crippen LogP contribution in [-0.2, 0) is 0 Å². The van der Waals surface area contributed by atoms with Crippen LogP contribution in [0.25, 0.3) is 0 Å². The molecule has 0 radical (unpaired) electrons. The van der Waals surface area contributed by atoms with Gasteiger partial charge in [0.25, 0.3) is 11.8 Å². The molecule has 19 heavy (non-hydrogen) atoms. The van der Waals surface area contributed by atoms with Crippen LogP contribution < -0.4 is 16.8 Å². The summed E-state index contributed by atoms with van der Waals surface area (Å²) < 4.78 is 13.2. The predicted octanol–water partition coefficient (Wildman–Crippen LogP) is 1.22. The maximum absolute atomic E-state index is 13.2. The number of nitrogens with two attached hydrogens (primary N) is 2. The summed E-state index contributed by atoms with van der Waals surface area (Å²) in [6.45, 7) is 0. The lowest BCUT2D eigenvalue weighted by atomic mass is 10.1. The van der Waals surface area contributed by atoms with Crippen LogP contribution in [0, 0.1) is 5.82 Å². The van der Waals surface area contributed by atoms with E-state index in [-0.39, 0.29) is 22.1 Å². The number of hydrogen-bond acceptors (Lipinski definition) is 5. The summed E-state index contributed by atoms with van der Waals surface area (Å²) in [6.07, 6.45) is 0. The Kier molecular flexibility index (Phi) is 3.43. The van der Waals surface area contributed by atoms with Crippen molar-refractivity contribution in [2.24, 2.45) is 5.73 Å². The van der Waals surface area contributed by atoms with E-state index in [0.29, 0.717) is 0 Å². The maximum atomic E-state index is 13.2. The number of halogens is 1. The summed E-state index contributed by atoms with van der Waals surface area (Å²) in [5, 5.41) is 4.22. The fourth-order valence-electron chi connectivity index (χ4n) is 1.38. The standard InChI is InChI=1S/C11H9FN4O2S/c12-7-2-1-5(3-6(7)9(13)17)15-10(18)8-4-19-11(14)16-8/h1-4H,(H2,13,17)(H2,14,16)(H,15,18). The second-order valence-electron chi connectivity index (χ2n) is 3.58. The van der Waals surface area contributed by atoms with Gasteiger partial charge in [0.15, 0.2) is 5.13 Å². The van der Waals surface area contributed by atoms with Gasteiger partial charge in [0.05, 0.1) is 5.56 Å². The molecule has 0 fully saturated rings. The van der Waals surface area contributed by atoms with Gasteiger partial charge in [0.1, 0.15) is 11.5 Å². The number of thiazole rings is 1. The number of hydrogen-bond donors (Lipinski definition) is 3. The molecule has 2 amide bonds. The summed E-state index contributed by atoms with van der Waals surface area (Å²) in [7, 11) is 0. The van der Waals surface area contributed by atoms with Crippen molar-refractivity contribution in [1.29, 1.82) is 0 Å². The minimum atomic E-state index is -0.911. The zero-order chi connectivity index (χ0) is 14.0. The molecule has 0 bridgehead atoms. The molecule has 6 nitrogen and oxygen atoms in total. The third-order valence-electron chi connectivity index (χ3n) is 2.24. The first kappa shape index (κ1) is 13.0. The molecule has 0 atom stereocenters. The first-order valence-corrected chi connectivity index (χ1v) is 5.97. The van der Waals surface area contributed by atoms with Gasteiger partial charge in [-0.1, -0.05) is 0 Å². The number of primary amides is 1. The highest BCUT2D eigenvalue weighted by molar-refractivity contribution is 7.13. The molecule has 0 spiro atoms. The van der Waals surface area contributed by atoms with Crippen molar-refractivity contribution in [3.8, 4) is 0 Å². The largest absolute Gasteiger partial charge is 0.375 e. The van der Waals surface area contributed by atoms with E-state index in [1.807, 2.05) is 0 Å². The lowest BCUT2D eigenvalue weighted by Gasteiger charge is -2.05. The Labute approximate surface area is 111 Å². The molecule has 2 aromatic rings. The highest BCUT2D eigenvalue weighted by atomic mass is 32.1. The van der Waals surface area contributed by atoms with E-state index in [1.54, 1.807) is 0 Å². The van der Waals surface area contributed by atoms with Crippen molar-refractivity contribution in [3.63, 3.8) is 0 Å². The smallest absolute Gasteiger partial charge is 0.275 e. The van der Waals surface area contributed by atoms with Gasteiger partial charge in [-0.25, -0.2) is 9.37 Å². The van der Waals surface area contributed by atoms with Gasteiger partial charge < -0.3 is 16.8 Å². The van der Waals surface area contributed by atoms with Gasteiger partial charge in [0.2, 0.25) is 0 Å². The van der Waals surface area contributed by atoms with Gasteiger partial charge in [0, 0.05) is 11.1 Å². The fourth-order valence-corrected chi connectivity index (χ4v) is 1.92. The number of carbonyl (C=O) groups excluding carboxylic acids is 2. The van der Waals surface area contributed by atoms with Crippen molar-refractivity contribution in [1.82, 2.24) is 4.98 Å². The highest BCUT2D eigenvalue weighted by Crippen LogP contribution is 2.17. The summed E-state index contributed by atoms with van der Waals surface area (Å²) in [6, 6.07) is 3.52. The lowest BCUT2D eigenvalue weighted by molar-refractivity contribution is 0.0992. The van der Waals surface area contributed by atoms with Crippen LogP contribution in [0.5, 0.6) is 0 Å². The molecule has 0 aliphatic carbocycles. The number of nitrogen functional groups attached to an aromatic ring is 1. The highest BCUT2D eigenvalue weighted by Gasteiger charge is 2.13. The zero-order valence-electron chi connectivity index (χ0n) is 9.51. The molecule has 0 aliphatic rings. The van der Waals surface area contributed by atoms with E-state index in [0.717, 1.165) is 23.5 Å². The Morgan fingerprint density at radius 3 is 2.68 bits per heavy atom. The predicted molar refractivity (Wildman–Crippen MR) is 69.4 cm³/mol. The Morgan fingerprint density at radius 1 is 1.37 bits per heavy atom. The number of nitrogens with zero attached hydrogens (tertiary/aromatic N) is 1. The van der Waals surface area contributed by atoms with Crippen LogP contribution in [0.4, 0.5) is 15.2 Å². The van der Waals surface area contributed by atoms with E-state index in [9.17, 15) is 14.0 Å². The second kappa shape index (κ2) is 5.02. The number of aromatic nitrogens is 1. The molecule has 0 saturated heterocycles. The summed E-state index contributed by atoms with van der Waals surface area (Å²) in [4.78, 5) is 26.5. The first-order chi connectivity index (χ1) is 8.97. The minimum absolute atomic E-state index is 0.146. The molecule has 5 N–H and O–H groups in total. The monoisotopic (exact) mass is 280 g/mol. The van der Waals surface area contributed by atoms with Crippen LogP contribution >= 0.6 is 11.3 Å². The molecule has 2 rings (SSSR count). The third kappa shape index (κ3) is 2.86. The molecule has 1 aromatic carbocycles. The SMILES string of the molecule is NC(=O)c1cc(NC(=O)c2csc(N)n2)ccc1F. The van der Waals surface area contributed by atoms with Crippen LogP contribution in [-0.4, -0.2) is 16.8 Å². The van der Waals surface area contributed by atoms with E-state index < -0.39 is 17.6 Å². The Morgan fingerprint density at radius 2 is 2.11 bits per heavy atom. The van der Waals surface area contributed by atoms with Crippen molar-refractivity contribution in [3.05, 3.63) is 40.7 Å². The van der Waals surface area contributed by atoms with Crippen LogP contribution in [0.2, 0.25) is 0 Å². The molecule has 0 aliphatic heterocycles. The number of rotatable bonds is 3. The molecule has 8 heteroatoms. The van der Waals surface area contributed by atoms with Crippen molar-refractivity contribution in [2.75, 3.05) is 11.1 Å². The van der Waals surface area contributed by atoms with E-state index in [1.165, 1.54) is 11.4 Å². The Hall–Kier alpha value is -2.48. The number of carbonyl (C=O) groups is 2. The fraction of sp³-hybridized carbons (Fsp3) is 0. The van der Waals surface area contributed by atoms with Crippen LogP contribution in [0.1, 0.15) is 20.8 Å². The number of benzene rings is 1. The van der Waals surface area contributed by atoms with Gasteiger partial charge in [-0.3, -0.25) is 9.59 Å². The van der Waals surface area contributed by atoms with Crippen LogP contribution in [0.15, 0.2) is 23.6 Å². The van der Waals surface area contributed by atoms with Gasteiger partial charge in [-0.05, 0) is 18.2 Å². The third-order valence-corrected chi connectivity index (χ3v) is 2.92. The maximum Gasteiger partial charge on any atom is 0.275 e. The topological polar surface area (TPSA) is 111 Å². The minimum Gasteiger partial charge on any atom is -0.375 e. The summed E-state index contributed by atoms with van der Waals surface area (Å²) in [5.41, 5.74) is 10.5. The van der Waals surface area contributed by atoms with Crippen molar-refractivity contribution >= 4 is 34.0 Å². The molecule has 98 valence electrons. The van der Waals surface area contributed by atoms with E-state index in [2.05, 4.69) is 10.3 Å². The van der Waals surface area contributed by atoms with Gasteiger partial charge >= 0.3 is 0 Å². The Bertz CT molecular complexity index is 656. The summed E-state index contributed by atoms with van der Waals surface area (Å²) >= 11 is 1.13. The average Bonchev–Trinajstić information content (AvgIpc) is 2.78. The van der Waals surface area contributed by atoms with Crippen molar-refractivity contribution in [2.45, 2.75) is 0 Å². The molecular weight excluding hydrogens is 271 g/mol. The number of anilines is 2. The van der Waals surface area contributed by atoms with E-state index >= 15 is 0 Å². The first-order valence-electron chi connectivity index (χ1n) is 5.09. The molecule has 0 unspecified atom stereocenters. The number of nitrogens with one attached hydrogen (secondary N) is 1. The van der Waals surface area contributed by atoms with Gasteiger partial charge in [-0.2, -0.15) is 0 Å². The van der Waals surface area contributed by atoms with E-state index in [4.69, 9.17) is 11.5 Å². The van der Waals surface area contributed by atoms with Crippen LogP contribution in [0.3, 0.4) is 0 Å². The molecular formula is C11H9FN4O2S. The molecule has 1 aromatic heterocycles. The molecule has 0 saturated carbocycles. The normalized spacial score (nSPS) is 10.2. The Balaban J connectivity index is 2.22. The van der Waals surface area contributed by atoms with Gasteiger partial charge in [-0.15, -0.1) is 11.3 Å². The number of amides is 2. The second-order valence-corrected chi connectivity index (χ2v) is 4.47. The summed E-state index contributed by atoms with van der Waals surface area (Å²) in [5.74, 6) is -2.16.